The molecule has 0 atom stereocenters. The van der Waals surface area contributed by atoms with Crippen molar-refractivity contribution in [2.24, 2.45) is 0 Å². The van der Waals surface area contributed by atoms with Gasteiger partial charge in [0.15, 0.2) is 0 Å². The third kappa shape index (κ3) is 6.02. The number of ether oxygens (including phenoxy) is 1. The van der Waals surface area contributed by atoms with Gasteiger partial charge in [0.1, 0.15) is 5.82 Å². The molecule has 1 heterocycles. The van der Waals surface area contributed by atoms with Crippen LogP contribution < -0.4 is 0 Å². The zero-order chi connectivity index (χ0) is 22.9. The Labute approximate surface area is 191 Å². The topological polar surface area (TPSA) is 42.4 Å². The summed E-state index contributed by atoms with van der Waals surface area (Å²) in [6.07, 6.45) is 4.12. The maximum absolute atomic E-state index is 13.7. The van der Waals surface area contributed by atoms with Crippen LogP contribution in [-0.4, -0.2) is 10.1 Å². The predicted molar refractivity (Wildman–Crippen MR) is 128 cm³/mol. The Kier molecular flexibility index (Phi) is 8.95. The maximum Gasteiger partial charge on any atom is 0.123 e. The van der Waals surface area contributed by atoms with Crippen LogP contribution in [0.4, 0.5) is 4.39 Å². The molecule has 0 bridgehead atoms. The molecule has 3 rings (SSSR count). The minimum atomic E-state index is -0.267. The average Bonchev–Trinajstić information content (AvgIpc) is 2.80. The standard InChI is InChI=1S/C28H34FNO2/c1-4-5-7-12-24-26(19-32-18-21-10-8-6-9-11-21)30-28(20(2)3)25(17-31)27(24)22-13-15-23(29)16-14-22/h6,8-11,13-16,20,31H,4-5,7,12,17-19H2,1-3H3. The fourth-order valence-electron chi connectivity index (χ4n) is 4.12. The molecular weight excluding hydrogens is 401 g/mol. The van der Waals surface area contributed by atoms with E-state index < -0.39 is 0 Å². The van der Waals surface area contributed by atoms with Crippen molar-refractivity contribution < 1.29 is 14.2 Å². The molecule has 170 valence electrons. The molecule has 4 heteroatoms. The summed E-state index contributed by atoms with van der Waals surface area (Å²) in [6, 6.07) is 16.7. The highest BCUT2D eigenvalue weighted by atomic mass is 19.1. The van der Waals surface area contributed by atoms with Crippen LogP contribution in [-0.2, 0) is 31.0 Å². The number of aromatic nitrogens is 1. The summed E-state index contributed by atoms with van der Waals surface area (Å²) in [5.41, 5.74) is 6.75. The van der Waals surface area contributed by atoms with Gasteiger partial charge in [-0.25, -0.2) is 4.39 Å². The van der Waals surface area contributed by atoms with Crippen LogP contribution in [0, 0.1) is 5.82 Å². The van der Waals surface area contributed by atoms with Gasteiger partial charge in [0.05, 0.1) is 25.5 Å². The molecule has 0 amide bonds. The summed E-state index contributed by atoms with van der Waals surface area (Å²) in [7, 11) is 0. The molecule has 32 heavy (non-hydrogen) atoms. The summed E-state index contributed by atoms with van der Waals surface area (Å²) in [5, 5.41) is 10.3. The number of halogens is 1. The van der Waals surface area contributed by atoms with Crippen molar-refractivity contribution >= 4 is 0 Å². The number of nitrogens with zero attached hydrogens (tertiary/aromatic N) is 1. The predicted octanol–water partition coefficient (Wildman–Crippen LogP) is 6.95. The second-order valence-corrected chi connectivity index (χ2v) is 8.53. The van der Waals surface area contributed by atoms with Crippen LogP contribution in [0.15, 0.2) is 54.6 Å². The van der Waals surface area contributed by atoms with Crippen LogP contribution in [0.25, 0.3) is 11.1 Å². The number of benzene rings is 2. The molecule has 1 N–H and O–H groups in total. The van der Waals surface area contributed by atoms with Crippen LogP contribution in [0.5, 0.6) is 0 Å². The van der Waals surface area contributed by atoms with Crippen molar-refractivity contribution in [1.82, 2.24) is 4.98 Å². The zero-order valence-electron chi connectivity index (χ0n) is 19.4. The number of rotatable bonds is 11. The van der Waals surface area contributed by atoms with E-state index in [2.05, 4.69) is 20.8 Å². The number of hydrogen-bond acceptors (Lipinski definition) is 3. The van der Waals surface area contributed by atoms with Crippen molar-refractivity contribution in [3.05, 3.63) is 88.5 Å². The van der Waals surface area contributed by atoms with E-state index in [1.807, 2.05) is 30.3 Å². The minimum absolute atomic E-state index is 0.0981. The van der Waals surface area contributed by atoms with Gasteiger partial charge in [-0.3, -0.25) is 4.98 Å². The Morgan fingerprint density at radius 1 is 0.938 bits per heavy atom. The van der Waals surface area contributed by atoms with Crippen LogP contribution in [0.3, 0.4) is 0 Å². The monoisotopic (exact) mass is 435 g/mol. The summed E-state index contributed by atoms with van der Waals surface area (Å²) in [6.45, 7) is 7.17. The minimum Gasteiger partial charge on any atom is -0.392 e. The quantitative estimate of drug-likeness (QED) is 0.331. The zero-order valence-corrected chi connectivity index (χ0v) is 19.4. The van der Waals surface area contributed by atoms with Crippen LogP contribution in [0.1, 0.15) is 74.0 Å². The molecule has 0 radical (unpaired) electrons. The lowest BCUT2D eigenvalue weighted by Gasteiger charge is -2.23. The van der Waals surface area contributed by atoms with Gasteiger partial charge in [-0.15, -0.1) is 0 Å². The lowest BCUT2D eigenvalue weighted by atomic mass is 9.87. The van der Waals surface area contributed by atoms with E-state index in [1.54, 1.807) is 12.1 Å². The lowest BCUT2D eigenvalue weighted by Crippen LogP contribution is -2.12. The summed E-state index contributed by atoms with van der Waals surface area (Å²) in [5.74, 6) is -0.120. The van der Waals surface area contributed by atoms with E-state index >= 15 is 0 Å². The molecule has 3 nitrogen and oxygen atoms in total. The highest BCUT2D eigenvalue weighted by Gasteiger charge is 2.22. The summed E-state index contributed by atoms with van der Waals surface area (Å²) in [4.78, 5) is 5.00. The second-order valence-electron chi connectivity index (χ2n) is 8.53. The van der Waals surface area contributed by atoms with Gasteiger partial charge in [0.2, 0.25) is 0 Å². The summed E-state index contributed by atoms with van der Waals surface area (Å²) < 4.78 is 19.8. The molecule has 0 spiro atoms. The van der Waals surface area contributed by atoms with E-state index in [9.17, 15) is 9.50 Å². The van der Waals surface area contributed by atoms with Gasteiger partial charge in [-0.05, 0) is 53.1 Å². The molecule has 0 saturated heterocycles. The molecule has 0 aliphatic rings. The van der Waals surface area contributed by atoms with E-state index in [-0.39, 0.29) is 18.3 Å². The smallest absolute Gasteiger partial charge is 0.123 e. The van der Waals surface area contributed by atoms with Crippen molar-refractivity contribution in [2.75, 3.05) is 0 Å². The number of aliphatic hydroxyl groups excluding tert-OH is 1. The Morgan fingerprint density at radius 3 is 2.28 bits per heavy atom. The highest BCUT2D eigenvalue weighted by Crippen LogP contribution is 2.35. The van der Waals surface area contributed by atoms with Gasteiger partial charge in [0.25, 0.3) is 0 Å². The van der Waals surface area contributed by atoms with Crippen molar-refractivity contribution in [3.8, 4) is 11.1 Å². The van der Waals surface area contributed by atoms with Crippen molar-refractivity contribution in [2.45, 2.75) is 72.2 Å². The van der Waals surface area contributed by atoms with E-state index in [0.29, 0.717) is 13.2 Å². The fourth-order valence-corrected chi connectivity index (χ4v) is 4.12. The average molecular weight is 436 g/mol. The first-order chi connectivity index (χ1) is 15.5. The largest absolute Gasteiger partial charge is 0.392 e. The molecule has 0 aliphatic carbocycles. The molecule has 0 saturated carbocycles. The molecule has 3 aromatic rings. The second kappa shape index (κ2) is 11.9. The number of hydrogen-bond donors (Lipinski definition) is 1. The fraction of sp³-hybridized carbons (Fsp3) is 0.393. The molecular formula is C28H34FNO2. The van der Waals surface area contributed by atoms with E-state index in [1.165, 1.54) is 12.1 Å². The van der Waals surface area contributed by atoms with Crippen molar-refractivity contribution in [1.29, 1.82) is 0 Å². The van der Waals surface area contributed by atoms with Crippen LogP contribution >= 0.6 is 0 Å². The number of unbranched alkanes of at least 4 members (excludes halogenated alkanes) is 2. The number of pyridine rings is 1. The molecule has 1 aromatic heterocycles. The van der Waals surface area contributed by atoms with E-state index in [0.717, 1.165) is 64.9 Å². The van der Waals surface area contributed by atoms with Gasteiger partial charge >= 0.3 is 0 Å². The molecule has 2 aromatic carbocycles. The highest BCUT2D eigenvalue weighted by molar-refractivity contribution is 5.73. The van der Waals surface area contributed by atoms with Gasteiger partial charge in [-0.2, -0.15) is 0 Å². The first-order valence-electron chi connectivity index (χ1n) is 11.6. The van der Waals surface area contributed by atoms with Crippen molar-refractivity contribution in [3.63, 3.8) is 0 Å². The summed E-state index contributed by atoms with van der Waals surface area (Å²) >= 11 is 0. The number of aliphatic hydroxyl groups is 1. The first kappa shape index (κ1) is 24.1. The Bertz CT molecular complexity index is 985. The van der Waals surface area contributed by atoms with Gasteiger partial charge in [0, 0.05) is 11.3 Å². The van der Waals surface area contributed by atoms with Gasteiger partial charge < -0.3 is 9.84 Å². The maximum atomic E-state index is 13.7. The van der Waals surface area contributed by atoms with Crippen LogP contribution in [0.2, 0.25) is 0 Å². The molecule has 0 unspecified atom stereocenters. The molecule has 0 fully saturated rings. The normalized spacial score (nSPS) is 11.3. The molecule has 0 aliphatic heterocycles. The van der Waals surface area contributed by atoms with E-state index in [4.69, 9.17) is 9.72 Å². The Hall–Kier alpha value is -2.56. The first-order valence-corrected chi connectivity index (χ1v) is 11.6. The Balaban J connectivity index is 2.06. The van der Waals surface area contributed by atoms with Gasteiger partial charge in [-0.1, -0.05) is 76.1 Å². The Morgan fingerprint density at radius 2 is 1.66 bits per heavy atom. The third-order valence-electron chi connectivity index (χ3n) is 5.74. The third-order valence-corrected chi connectivity index (χ3v) is 5.74. The lowest BCUT2D eigenvalue weighted by molar-refractivity contribution is 0.104. The SMILES string of the molecule is CCCCCc1c(COCc2ccccc2)nc(C(C)C)c(CO)c1-c1ccc(F)cc1.